The molecular weight excluding hydrogens is 254 g/mol. The van der Waals surface area contributed by atoms with E-state index in [2.05, 4.69) is 4.72 Å². The number of hydrogen-bond donors (Lipinski definition) is 1. The van der Waals surface area contributed by atoms with Gasteiger partial charge in [-0.25, -0.2) is 13.1 Å². The molecule has 1 aromatic carbocycles. The molecule has 0 bridgehead atoms. The summed E-state index contributed by atoms with van der Waals surface area (Å²) >= 11 is 0. The van der Waals surface area contributed by atoms with Gasteiger partial charge < -0.3 is 4.74 Å². The summed E-state index contributed by atoms with van der Waals surface area (Å²) in [7, 11) is -3.52. The molecule has 5 nitrogen and oxygen atoms in total. The zero-order valence-corrected chi connectivity index (χ0v) is 11.2. The molecule has 1 rings (SSSR count). The van der Waals surface area contributed by atoms with Crippen LogP contribution in [0.15, 0.2) is 30.3 Å². The van der Waals surface area contributed by atoms with Gasteiger partial charge in [0, 0.05) is 0 Å². The van der Waals surface area contributed by atoms with Crippen LogP contribution in [0.4, 0.5) is 0 Å². The Labute approximate surface area is 107 Å². The predicted molar refractivity (Wildman–Crippen MR) is 68.3 cm³/mol. The van der Waals surface area contributed by atoms with Gasteiger partial charge in [-0.15, -0.1) is 0 Å². The van der Waals surface area contributed by atoms with Gasteiger partial charge in [0.1, 0.15) is 6.54 Å². The second-order valence-electron chi connectivity index (χ2n) is 4.10. The maximum atomic E-state index is 11.7. The summed E-state index contributed by atoms with van der Waals surface area (Å²) in [6.45, 7) is 3.07. The lowest BCUT2D eigenvalue weighted by Gasteiger charge is -2.09. The van der Waals surface area contributed by atoms with E-state index in [1.54, 1.807) is 38.1 Å². The van der Waals surface area contributed by atoms with E-state index >= 15 is 0 Å². The van der Waals surface area contributed by atoms with Crippen molar-refractivity contribution in [3.63, 3.8) is 0 Å². The zero-order valence-electron chi connectivity index (χ0n) is 10.4. The van der Waals surface area contributed by atoms with Crippen LogP contribution in [-0.4, -0.2) is 27.0 Å². The minimum absolute atomic E-state index is 0.150. The van der Waals surface area contributed by atoms with Gasteiger partial charge in [0.05, 0.1) is 11.9 Å². The van der Waals surface area contributed by atoms with Crippen molar-refractivity contribution in [2.75, 3.05) is 6.54 Å². The third-order valence-electron chi connectivity index (χ3n) is 2.00. The summed E-state index contributed by atoms with van der Waals surface area (Å²) in [6, 6.07) is 8.76. The first-order valence-corrected chi connectivity index (χ1v) is 7.25. The van der Waals surface area contributed by atoms with Crippen LogP contribution in [0.3, 0.4) is 0 Å². The molecule has 0 radical (unpaired) electrons. The number of hydrogen-bond acceptors (Lipinski definition) is 4. The van der Waals surface area contributed by atoms with Gasteiger partial charge in [-0.1, -0.05) is 30.3 Å². The fourth-order valence-electron chi connectivity index (χ4n) is 1.32. The highest BCUT2D eigenvalue weighted by molar-refractivity contribution is 7.88. The van der Waals surface area contributed by atoms with Crippen LogP contribution >= 0.6 is 0 Å². The van der Waals surface area contributed by atoms with Gasteiger partial charge in [-0.05, 0) is 19.4 Å². The smallest absolute Gasteiger partial charge is 0.321 e. The van der Waals surface area contributed by atoms with E-state index < -0.39 is 16.0 Å². The van der Waals surface area contributed by atoms with Gasteiger partial charge in [0.15, 0.2) is 0 Å². The van der Waals surface area contributed by atoms with Crippen LogP contribution in [0.25, 0.3) is 0 Å². The van der Waals surface area contributed by atoms with E-state index in [4.69, 9.17) is 4.74 Å². The molecule has 0 aliphatic heterocycles. The highest BCUT2D eigenvalue weighted by Crippen LogP contribution is 2.03. The van der Waals surface area contributed by atoms with E-state index in [9.17, 15) is 13.2 Å². The molecule has 0 heterocycles. The lowest BCUT2D eigenvalue weighted by Crippen LogP contribution is -2.32. The van der Waals surface area contributed by atoms with Gasteiger partial charge in [0.2, 0.25) is 10.0 Å². The first kappa shape index (κ1) is 14.7. The Morgan fingerprint density at radius 1 is 1.28 bits per heavy atom. The molecule has 0 aromatic heterocycles. The van der Waals surface area contributed by atoms with Crippen molar-refractivity contribution < 1.29 is 17.9 Å². The number of sulfonamides is 1. The van der Waals surface area contributed by atoms with Crippen molar-refractivity contribution in [2.45, 2.75) is 25.7 Å². The van der Waals surface area contributed by atoms with E-state index in [0.29, 0.717) is 5.56 Å². The first-order chi connectivity index (χ1) is 8.39. The lowest BCUT2D eigenvalue weighted by molar-refractivity contribution is -0.145. The number of nitrogens with one attached hydrogen (secondary N) is 1. The summed E-state index contributed by atoms with van der Waals surface area (Å²) in [6.07, 6.45) is -0.254. The molecule has 0 unspecified atom stereocenters. The molecule has 0 saturated carbocycles. The van der Waals surface area contributed by atoms with Crippen LogP contribution in [0.2, 0.25) is 0 Å². The zero-order chi connectivity index (χ0) is 13.6. The van der Waals surface area contributed by atoms with Crippen LogP contribution < -0.4 is 4.72 Å². The van der Waals surface area contributed by atoms with Crippen molar-refractivity contribution in [1.82, 2.24) is 4.72 Å². The van der Waals surface area contributed by atoms with E-state index in [1.807, 2.05) is 6.07 Å². The topological polar surface area (TPSA) is 72.5 Å². The van der Waals surface area contributed by atoms with Crippen molar-refractivity contribution in [3.05, 3.63) is 35.9 Å². The summed E-state index contributed by atoms with van der Waals surface area (Å²) in [5, 5.41) is 0. The maximum Gasteiger partial charge on any atom is 0.321 e. The second-order valence-corrected chi connectivity index (χ2v) is 5.91. The Morgan fingerprint density at radius 2 is 1.89 bits per heavy atom. The predicted octanol–water partition coefficient (Wildman–Crippen LogP) is 1.06. The number of rotatable bonds is 6. The number of carbonyl (C=O) groups is 1. The minimum Gasteiger partial charge on any atom is -0.462 e. The molecule has 0 aliphatic rings. The van der Waals surface area contributed by atoms with E-state index in [1.165, 1.54) is 0 Å². The second kappa shape index (κ2) is 6.51. The molecule has 1 N–H and O–H groups in total. The summed E-state index contributed by atoms with van der Waals surface area (Å²) in [5.74, 6) is -0.732. The van der Waals surface area contributed by atoms with Crippen LogP contribution in [-0.2, 0) is 25.3 Å². The number of benzene rings is 1. The average Bonchev–Trinajstić information content (AvgIpc) is 2.26. The summed E-state index contributed by atoms with van der Waals surface area (Å²) in [4.78, 5) is 11.2. The Kier molecular flexibility index (Phi) is 5.30. The minimum atomic E-state index is -3.52. The van der Waals surface area contributed by atoms with Crippen molar-refractivity contribution in [1.29, 1.82) is 0 Å². The molecule has 0 saturated heterocycles. The number of carbonyl (C=O) groups excluding carboxylic acids is 1. The monoisotopic (exact) mass is 271 g/mol. The highest BCUT2D eigenvalue weighted by atomic mass is 32.2. The highest BCUT2D eigenvalue weighted by Gasteiger charge is 2.14. The third kappa shape index (κ3) is 5.79. The van der Waals surface area contributed by atoms with Gasteiger partial charge in [-0.3, -0.25) is 4.79 Å². The molecule has 0 spiro atoms. The normalized spacial score (nSPS) is 11.5. The van der Waals surface area contributed by atoms with E-state index in [0.717, 1.165) is 0 Å². The SMILES string of the molecule is CC(C)OC(=O)CNS(=O)(=O)Cc1ccccc1. The van der Waals surface area contributed by atoms with Crippen LogP contribution in [0.1, 0.15) is 19.4 Å². The molecular formula is C12H17NO4S. The quantitative estimate of drug-likeness (QED) is 0.785. The third-order valence-corrected chi connectivity index (χ3v) is 3.30. The number of ether oxygens (including phenoxy) is 1. The molecule has 6 heteroatoms. The summed E-state index contributed by atoms with van der Waals surface area (Å²) in [5.41, 5.74) is 0.669. The maximum absolute atomic E-state index is 11.7. The standard InChI is InChI=1S/C12H17NO4S/c1-10(2)17-12(14)8-13-18(15,16)9-11-6-4-3-5-7-11/h3-7,10,13H,8-9H2,1-2H3. The fourth-order valence-corrected chi connectivity index (χ4v) is 2.39. The Hall–Kier alpha value is -1.40. The molecule has 0 atom stereocenters. The van der Waals surface area contributed by atoms with Crippen LogP contribution in [0.5, 0.6) is 0 Å². The van der Waals surface area contributed by atoms with Crippen molar-refractivity contribution in [3.8, 4) is 0 Å². The Bertz CT molecular complexity index is 482. The van der Waals surface area contributed by atoms with Gasteiger partial charge in [-0.2, -0.15) is 0 Å². The molecule has 0 aliphatic carbocycles. The molecule has 0 amide bonds. The lowest BCUT2D eigenvalue weighted by atomic mass is 10.2. The molecule has 100 valence electrons. The first-order valence-electron chi connectivity index (χ1n) is 5.60. The number of esters is 1. The largest absolute Gasteiger partial charge is 0.462 e. The average molecular weight is 271 g/mol. The van der Waals surface area contributed by atoms with E-state index in [-0.39, 0.29) is 18.4 Å². The Morgan fingerprint density at radius 3 is 2.44 bits per heavy atom. The van der Waals surface area contributed by atoms with Crippen molar-refractivity contribution in [2.24, 2.45) is 0 Å². The molecule has 0 fully saturated rings. The fraction of sp³-hybridized carbons (Fsp3) is 0.417. The summed E-state index contributed by atoms with van der Waals surface area (Å²) < 4.78 is 30.4. The Balaban J connectivity index is 2.48. The molecule has 1 aromatic rings. The molecule has 18 heavy (non-hydrogen) atoms. The van der Waals surface area contributed by atoms with Crippen LogP contribution in [0, 0.1) is 0 Å². The van der Waals surface area contributed by atoms with Gasteiger partial charge in [0.25, 0.3) is 0 Å². The van der Waals surface area contributed by atoms with Crippen molar-refractivity contribution >= 4 is 16.0 Å². The van der Waals surface area contributed by atoms with Gasteiger partial charge >= 0.3 is 5.97 Å².